The molecule has 0 aliphatic carbocycles. The van der Waals surface area contributed by atoms with Gasteiger partial charge in [-0.05, 0) is 41.8 Å². The lowest BCUT2D eigenvalue weighted by atomic mass is 10.2. The van der Waals surface area contributed by atoms with Crippen LogP contribution in [0.1, 0.15) is 5.56 Å². The molecule has 2 rings (SSSR count). The number of benzene rings is 2. The molecule has 0 amide bonds. The number of sulfonamides is 1. The van der Waals surface area contributed by atoms with Gasteiger partial charge in [-0.25, -0.2) is 8.42 Å². The highest BCUT2D eigenvalue weighted by Gasteiger charge is 2.18. The fourth-order valence-corrected chi connectivity index (χ4v) is 3.41. The molecule has 0 heterocycles. The smallest absolute Gasteiger partial charge is 0.263 e. The second-order valence-corrected chi connectivity index (χ2v) is 6.58. The molecule has 0 aliphatic rings. The van der Waals surface area contributed by atoms with Crippen LogP contribution < -0.4 is 9.83 Å². The van der Waals surface area contributed by atoms with E-state index >= 15 is 0 Å². The predicted octanol–water partition coefficient (Wildman–Crippen LogP) is 2.48. The lowest BCUT2D eigenvalue weighted by Crippen LogP contribution is -2.17. The largest absolute Gasteiger partial charge is 0.859 e. The number of nitrogens with one attached hydrogen (secondary N) is 2. The van der Waals surface area contributed by atoms with Gasteiger partial charge in [0.05, 0.1) is 5.02 Å². The topological polar surface area (TPSA) is 93.1 Å². The molecular formula is C13H9Cl2N2O3S-. The summed E-state index contributed by atoms with van der Waals surface area (Å²) < 4.78 is 26.8. The Morgan fingerprint density at radius 1 is 1.10 bits per heavy atom. The average molecular weight is 344 g/mol. The summed E-state index contributed by atoms with van der Waals surface area (Å²) in [6, 6.07) is 9.60. The zero-order valence-corrected chi connectivity index (χ0v) is 12.8. The molecule has 0 aliphatic heterocycles. The molecule has 2 aromatic carbocycles. The van der Waals surface area contributed by atoms with Gasteiger partial charge in [0, 0.05) is 10.7 Å². The van der Waals surface area contributed by atoms with Gasteiger partial charge in [-0.1, -0.05) is 35.3 Å². The molecule has 0 saturated heterocycles. The van der Waals surface area contributed by atoms with E-state index in [0.29, 0.717) is 0 Å². The van der Waals surface area contributed by atoms with Gasteiger partial charge < -0.3 is 10.5 Å². The van der Waals surface area contributed by atoms with E-state index in [4.69, 9.17) is 28.6 Å². The van der Waals surface area contributed by atoms with E-state index in [1.54, 1.807) is 0 Å². The van der Waals surface area contributed by atoms with Crippen LogP contribution in [0.4, 0.5) is 5.69 Å². The van der Waals surface area contributed by atoms with Crippen LogP contribution in [0.15, 0.2) is 47.4 Å². The van der Waals surface area contributed by atoms with Gasteiger partial charge in [0.2, 0.25) is 0 Å². The van der Waals surface area contributed by atoms with E-state index in [2.05, 4.69) is 4.72 Å². The molecule has 2 N–H and O–H groups in total. The summed E-state index contributed by atoms with van der Waals surface area (Å²) in [5, 5.41) is 18.1. The van der Waals surface area contributed by atoms with E-state index in [0.717, 1.165) is 0 Å². The van der Waals surface area contributed by atoms with Gasteiger partial charge in [0.15, 0.2) is 0 Å². The van der Waals surface area contributed by atoms with Crippen LogP contribution >= 0.6 is 23.2 Å². The molecule has 2 aromatic rings. The van der Waals surface area contributed by atoms with Gasteiger partial charge in [-0.3, -0.25) is 4.72 Å². The summed E-state index contributed by atoms with van der Waals surface area (Å²) in [7, 11) is -3.90. The summed E-state index contributed by atoms with van der Waals surface area (Å²) in [4.78, 5) is -0.141. The third-order valence-electron chi connectivity index (χ3n) is 2.58. The summed E-state index contributed by atoms with van der Waals surface area (Å²) in [6.45, 7) is 0. The number of hydrogen-bond acceptors (Lipinski definition) is 4. The second kappa shape index (κ2) is 5.93. The molecule has 0 bridgehead atoms. The van der Waals surface area contributed by atoms with E-state index in [9.17, 15) is 13.5 Å². The first kappa shape index (κ1) is 15.6. The van der Waals surface area contributed by atoms with Crippen molar-refractivity contribution in [1.82, 2.24) is 0 Å². The molecule has 0 radical (unpaired) electrons. The molecule has 0 aromatic heterocycles. The van der Waals surface area contributed by atoms with Gasteiger partial charge in [-0.2, -0.15) is 0 Å². The number of anilines is 1. The van der Waals surface area contributed by atoms with Crippen molar-refractivity contribution in [2.24, 2.45) is 0 Å². The van der Waals surface area contributed by atoms with Crippen LogP contribution in [0.2, 0.25) is 10.0 Å². The first-order valence-electron chi connectivity index (χ1n) is 5.63. The summed E-state index contributed by atoms with van der Waals surface area (Å²) in [5.74, 6) is -0.845. The quantitative estimate of drug-likeness (QED) is 0.659. The van der Waals surface area contributed by atoms with Crippen molar-refractivity contribution >= 4 is 44.8 Å². The van der Waals surface area contributed by atoms with Crippen LogP contribution in [0.25, 0.3) is 0 Å². The Morgan fingerprint density at radius 2 is 1.71 bits per heavy atom. The first-order chi connectivity index (χ1) is 9.79. The van der Waals surface area contributed by atoms with E-state index in [-0.39, 0.29) is 26.2 Å². The molecule has 0 spiro atoms. The SMILES string of the molecule is N=C([O-])c1ccc(NS(=O)(=O)c2cc(Cl)ccc2Cl)cc1. The first-order valence-corrected chi connectivity index (χ1v) is 7.87. The fraction of sp³-hybridized carbons (Fsp3) is 0. The van der Waals surface area contributed by atoms with Gasteiger partial charge in [0.1, 0.15) is 4.90 Å². The van der Waals surface area contributed by atoms with Gasteiger partial charge >= 0.3 is 0 Å². The second-order valence-electron chi connectivity index (χ2n) is 4.09. The molecule has 0 fully saturated rings. The van der Waals surface area contributed by atoms with Crippen molar-refractivity contribution in [3.05, 3.63) is 58.1 Å². The standard InChI is InChI=1S/C13H10Cl2N2O3S/c14-9-3-6-11(15)12(7-9)21(19,20)17-10-4-1-8(2-5-10)13(16)18/h1-7,17H,(H2,16,18)/p-1. The zero-order valence-electron chi connectivity index (χ0n) is 10.4. The van der Waals surface area contributed by atoms with E-state index in [1.165, 1.54) is 42.5 Å². The molecule has 8 heteroatoms. The van der Waals surface area contributed by atoms with Crippen LogP contribution in [-0.2, 0) is 10.0 Å². The monoisotopic (exact) mass is 343 g/mol. The van der Waals surface area contributed by atoms with Crippen molar-refractivity contribution in [1.29, 1.82) is 5.41 Å². The minimum atomic E-state index is -3.90. The Bertz CT molecular complexity index is 790. The molecule has 5 nitrogen and oxygen atoms in total. The molecule has 21 heavy (non-hydrogen) atoms. The normalized spacial score (nSPS) is 11.1. The maximum Gasteiger partial charge on any atom is 0.263 e. The third-order valence-corrected chi connectivity index (χ3v) is 4.68. The maximum atomic E-state index is 12.2. The molecule has 0 atom stereocenters. The van der Waals surface area contributed by atoms with Crippen LogP contribution in [0.3, 0.4) is 0 Å². The number of halogens is 2. The molecule has 0 saturated carbocycles. The van der Waals surface area contributed by atoms with Crippen molar-refractivity contribution < 1.29 is 13.5 Å². The highest BCUT2D eigenvalue weighted by atomic mass is 35.5. The fourth-order valence-electron chi connectivity index (χ4n) is 1.58. The highest BCUT2D eigenvalue weighted by molar-refractivity contribution is 7.92. The van der Waals surface area contributed by atoms with E-state index < -0.39 is 15.9 Å². The number of hydrogen-bond donors (Lipinski definition) is 2. The van der Waals surface area contributed by atoms with Crippen molar-refractivity contribution in [3.63, 3.8) is 0 Å². The average Bonchev–Trinajstić information content (AvgIpc) is 2.41. The van der Waals surface area contributed by atoms with Crippen LogP contribution in [0, 0.1) is 5.41 Å². The van der Waals surface area contributed by atoms with Crippen molar-refractivity contribution in [2.45, 2.75) is 4.90 Å². The van der Waals surface area contributed by atoms with Gasteiger partial charge in [0.25, 0.3) is 10.0 Å². The Balaban J connectivity index is 2.33. The number of rotatable bonds is 4. The summed E-state index contributed by atoms with van der Waals surface area (Å²) in [5.41, 5.74) is 0.412. The predicted molar refractivity (Wildman–Crippen MR) is 80.5 cm³/mol. The minimum absolute atomic E-state index is 0.0462. The molecular weight excluding hydrogens is 335 g/mol. The summed E-state index contributed by atoms with van der Waals surface area (Å²) in [6.07, 6.45) is 0. The minimum Gasteiger partial charge on any atom is -0.859 e. The van der Waals surface area contributed by atoms with Crippen molar-refractivity contribution in [3.8, 4) is 0 Å². The lowest BCUT2D eigenvalue weighted by molar-refractivity contribution is -0.214. The maximum absolute atomic E-state index is 12.2. The lowest BCUT2D eigenvalue weighted by Gasteiger charge is -2.11. The Hall–Kier alpha value is -1.76. The Kier molecular flexibility index (Phi) is 4.41. The highest BCUT2D eigenvalue weighted by Crippen LogP contribution is 2.26. The van der Waals surface area contributed by atoms with Crippen LogP contribution in [-0.4, -0.2) is 14.3 Å². The molecule has 0 unspecified atom stereocenters. The Labute approximate surface area is 131 Å². The van der Waals surface area contributed by atoms with Crippen molar-refractivity contribution in [2.75, 3.05) is 4.72 Å². The van der Waals surface area contributed by atoms with Crippen LogP contribution in [0.5, 0.6) is 0 Å². The van der Waals surface area contributed by atoms with Gasteiger partial charge in [-0.15, -0.1) is 0 Å². The molecule has 110 valence electrons. The zero-order chi connectivity index (χ0) is 15.6. The summed E-state index contributed by atoms with van der Waals surface area (Å²) >= 11 is 11.6. The van der Waals surface area contributed by atoms with E-state index in [1.807, 2.05) is 0 Å². The Morgan fingerprint density at radius 3 is 2.29 bits per heavy atom. The third kappa shape index (κ3) is 3.66.